The van der Waals surface area contributed by atoms with Gasteiger partial charge in [-0.1, -0.05) is 0 Å². The quantitative estimate of drug-likeness (QED) is 0.441. The first-order valence-corrected chi connectivity index (χ1v) is 8.70. The first-order valence-electron chi connectivity index (χ1n) is 6.77. The molecule has 6 heteroatoms. The third-order valence-corrected chi connectivity index (χ3v) is 5.55. The molecular weight excluding hydrogens is 248 g/mol. The van der Waals surface area contributed by atoms with Crippen LogP contribution >= 0.6 is 0 Å². The number of nitrogens with one attached hydrogen (secondary N) is 1. The summed E-state index contributed by atoms with van der Waals surface area (Å²) in [6.07, 6.45) is 1.21. The Morgan fingerprint density at radius 3 is 2.00 bits per heavy atom. The lowest BCUT2D eigenvalue weighted by atomic mass is 10.5. The topological polar surface area (TPSA) is 65.7 Å². The van der Waals surface area contributed by atoms with Gasteiger partial charge < -0.3 is 24.3 Å². The SMILES string of the molecule is CO[Si](CCCNCCN)(OC(C)C)OC(C)C. The predicted molar refractivity (Wildman–Crippen MR) is 76.6 cm³/mol. The number of rotatable bonds is 11. The van der Waals surface area contributed by atoms with E-state index in [-0.39, 0.29) is 12.2 Å². The molecule has 0 aliphatic heterocycles. The molecule has 3 N–H and O–H groups in total. The van der Waals surface area contributed by atoms with Gasteiger partial charge in [-0.15, -0.1) is 0 Å². The third kappa shape index (κ3) is 8.18. The smallest absolute Gasteiger partial charge is 0.377 e. The maximum atomic E-state index is 5.95. The van der Waals surface area contributed by atoms with Gasteiger partial charge in [-0.25, -0.2) is 0 Å². The van der Waals surface area contributed by atoms with E-state index in [4.69, 9.17) is 19.0 Å². The van der Waals surface area contributed by atoms with Crippen LogP contribution < -0.4 is 11.1 Å². The Morgan fingerprint density at radius 2 is 1.61 bits per heavy atom. The lowest BCUT2D eigenvalue weighted by Crippen LogP contribution is -2.48. The van der Waals surface area contributed by atoms with Gasteiger partial charge in [0.05, 0.1) is 0 Å². The highest BCUT2D eigenvalue weighted by atomic mass is 28.4. The molecule has 0 aliphatic carbocycles. The Kier molecular flexibility index (Phi) is 9.89. The van der Waals surface area contributed by atoms with Crippen molar-refractivity contribution in [2.45, 2.75) is 52.4 Å². The van der Waals surface area contributed by atoms with Crippen LogP contribution in [-0.2, 0) is 13.3 Å². The van der Waals surface area contributed by atoms with E-state index in [9.17, 15) is 0 Å². The van der Waals surface area contributed by atoms with Crippen LogP contribution in [0.25, 0.3) is 0 Å². The molecule has 0 saturated heterocycles. The van der Waals surface area contributed by atoms with Crippen LogP contribution in [-0.4, -0.2) is 47.8 Å². The summed E-state index contributed by atoms with van der Waals surface area (Å²) in [5.41, 5.74) is 5.43. The Morgan fingerprint density at radius 1 is 1.06 bits per heavy atom. The van der Waals surface area contributed by atoms with Crippen LogP contribution in [0.2, 0.25) is 6.04 Å². The van der Waals surface area contributed by atoms with E-state index in [2.05, 4.69) is 5.32 Å². The van der Waals surface area contributed by atoms with Gasteiger partial charge in [-0.2, -0.15) is 0 Å². The van der Waals surface area contributed by atoms with Crippen LogP contribution in [0.1, 0.15) is 34.1 Å². The van der Waals surface area contributed by atoms with Gasteiger partial charge >= 0.3 is 8.80 Å². The molecule has 0 radical (unpaired) electrons. The summed E-state index contributed by atoms with van der Waals surface area (Å²) < 4.78 is 17.5. The van der Waals surface area contributed by atoms with Gasteiger partial charge in [0.1, 0.15) is 0 Å². The van der Waals surface area contributed by atoms with Gasteiger partial charge in [0.25, 0.3) is 0 Å². The van der Waals surface area contributed by atoms with Crippen molar-refractivity contribution in [1.29, 1.82) is 0 Å². The van der Waals surface area contributed by atoms with Crippen molar-refractivity contribution in [2.24, 2.45) is 5.73 Å². The summed E-state index contributed by atoms with van der Waals surface area (Å²) in [5.74, 6) is 0. The first-order chi connectivity index (χ1) is 8.45. The summed E-state index contributed by atoms with van der Waals surface area (Å²) in [7, 11) is -0.842. The molecule has 0 atom stereocenters. The standard InChI is InChI=1S/C12H30N2O3Si/c1-11(2)16-18(15-5,17-12(3)4)10-6-8-14-9-7-13/h11-12,14H,6-10,13H2,1-5H3. The number of hydrogen-bond acceptors (Lipinski definition) is 5. The van der Waals surface area contributed by atoms with E-state index in [1.165, 1.54) is 0 Å². The predicted octanol–water partition coefficient (Wildman–Crippen LogP) is 1.36. The molecular formula is C12H30N2O3Si. The number of hydrogen-bond donors (Lipinski definition) is 2. The normalized spacial score (nSPS) is 12.7. The highest BCUT2D eigenvalue weighted by molar-refractivity contribution is 6.60. The summed E-state index contributed by atoms with van der Waals surface area (Å²) in [6, 6.07) is 0.831. The molecule has 0 heterocycles. The average molecular weight is 278 g/mol. The van der Waals surface area contributed by atoms with Gasteiger partial charge in [0, 0.05) is 38.5 Å². The monoisotopic (exact) mass is 278 g/mol. The molecule has 110 valence electrons. The second kappa shape index (κ2) is 9.88. The molecule has 0 bridgehead atoms. The van der Waals surface area contributed by atoms with E-state index in [1.807, 2.05) is 27.7 Å². The lowest BCUT2D eigenvalue weighted by molar-refractivity contribution is 0.0324. The van der Waals surface area contributed by atoms with Crippen molar-refractivity contribution in [2.75, 3.05) is 26.7 Å². The minimum atomic E-state index is -2.53. The first kappa shape index (κ1) is 18.0. The van der Waals surface area contributed by atoms with Crippen molar-refractivity contribution in [1.82, 2.24) is 5.32 Å². The molecule has 18 heavy (non-hydrogen) atoms. The fourth-order valence-electron chi connectivity index (χ4n) is 1.72. The van der Waals surface area contributed by atoms with Crippen LogP contribution in [0.5, 0.6) is 0 Å². The van der Waals surface area contributed by atoms with Gasteiger partial charge in [-0.3, -0.25) is 0 Å². The molecule has 0 aromatic rings. The molecule has 0 amide bonds. The van der Waals surface area contributed by atoms with E-state index >= 15 is 0 Å². The minimum Gasteiger partial charge on any atom is -0.377 e. The summed E-state index contributed by atoms with van der Waals surface area (Å²) in [6.45, 7) is 10.5. The highest BCUT2D eigenvalue weighted by Crippen LogP contribution is 2.20. The fraction of sp³-hybridized carbons (Fsp3) is 1.00. The van der Waals surface area contributed by atoms with E-state index < -0.39 is 8.80 Å². The Balaban J connectivity index is 4.25. The van der Waals surface area contributed by atoms with E-state index in [0.29, 0.717) is 6.54 Å². The lowest BCUT2D eigenvalue weighted by Gasteiger charge is -2.31. The van der Waals surface area contributed by atoms with Crippen LogP contribution in [0.3, 0.4) is 0 Å². The third-order valence-electron chi connectivity index (χ3n) is 2.30. The second-order valence-corrected chi connectivity index (χ2v) is 7.61. The van der Waals surface area contributed by atoms with Gasteiger partial charge in [-0.05, 0) is 40.7 Å². The fourth-order valence-corrected chi connectivity index (χ4v) is 4.45. The largest absolute Gasteiger partial charge is 0.501 e. The molecule has 0 rings (SSSR count). The second-order valence-electron chi connectivity index (χ2n) is 4.86. The van der Waals surface area contributed by atoms with E-state index in [0.717, 1.165) is 25.6 Å². The average Bonchev–Trinajstić information content (AvgIpc) is 2.27. The summed E-state index contributed by atoms with van der Waals surface area (Å²) in [5, 5.41) is 3.27. The Labute approximate surface area is 113 Å². The molecule has 5 nitrogen and oxygen atoms in total. The van der Waals surface area contributed by atoms with Crippen molar-refractivity contribution in [3.63, 3.8) is 0 Å². The highest BCUT2D eigenvalue weighted by Gasteiger charge is 2.41. The van der Waals surface area contributed by atoms with Gasteiger partial charge in [0.15, 0.2) is 0 Å². The van der Waals surface area contributed by atoms with Crippen LogP contribution in [0.15, 0.2) is 0 Å². The van der Waals surface area contributed by atoms with E-state index in [1.54, 1.807) is 7.11 Å². The minimum absolute atomic E-state index is 0.118. The zero-order valence-corrected chi connectivity index (χ0v) is 13.5. The maximum Gasteiger partial charge on any atom is 0.501 e. The molecule has 0 unspecified atom stereocenters. The molecule has 0 spiro atoms. The summed E-state index contributed by atoms with van der Waals surface area (Å²) in [4.78, 5) is 0. The van der Waals surface area contributed by atoms with Crippen molar-refractivity contribution >= 4 is 8.80 Å². The molecule has 0 saturated carbocycles. The Hall–Kier alpha value is 0.0169. The van der Waals surface area contributed by atoms with Crippen molar-refractivity contribution in [3.8, 4) is 0 Å². The molecule has 0 aromatic carbocycles. The zero-order chi connectivity index (χ0) is 14.0. The maximum absolute atomic E-state index is 5.95. The van der Waals surface area contributed by atoms with Crippen molar-refractivity contribution in [3.05, 3.63) is 0 Å². The van der Waals surface area contributed by atoms with Crippen LogP contribution in [0, 0.1) is 0 Å². The Bertz CT molecular complexity index is 194. The number of nitrogens with two attached hydrogens (primary N) is 1. The molecule has 0 aliphatic rings. The summed E-state index contributed by atoms with van der Waals surface area (Å²) >= 11 is 0. The molecule has 0 fully saturated rings. The van der Waals surface area contributed by atoms with Gasteiger partial charge in [0.2, 0.25) is 0 Å². The molecule has 0 aromatic heterocycles. The van der Waals surface area contributed by atoms with Crippen LogP contribution in [0.4, 0.5) is 0 Å². The van der Waals surface area contributed by atoms with Crippen molar-refractivity contribution < 1.29 is 13.3 Å². The zero-order valence-electron chi connectivity index (χ0n) is 12.5.